The van der Waals surface area contributed by atoms with Crippen LogP contribution in [0.2, 0.25) is 0 Å². The molecule has 24 heavy (non-hydrogen) atoms. The Balaban J connectivity index is 1.68. The second kappa shape index (κ2) is 6.61. The largest absolute Gasteiger partial charge is 0.328 e. The molecule has 0 bridgehead atoms. The minimum atomic E-state index is 0.0530. The van der Waals surface area contributed by atoms with Crippen molar-refractivity contribution in [1.29, 1.82) is 0 Å². The number of fused-ring (bicyclic) bond motifs is 1. The molecule has 1 saturated heterocycles. The van der Waals surface area contributed by atoms with Gasteiger partial charge in [-0.05, 0) is 5.56 Å². The van der Waals surface area contributed by atoms with Gasteiger partial charge in [-0.2, -0.15) is 16.9 Å². The van der Waals surface area contributed by atoms with Crippen LogP contribution in [0, 0.1) is 0 Å². The molecule has 2 atom stereocenters. The number of carbonyl (C=O) groups is 1. The molecule has 126 valence electrons. The topological polar surface area (TPSA) is 61.0 Å². The Morgan fingerprint density at radius 1 is 1.33 bits per heavy atom. The fraction of sp³-hybridized carbons (Fsp3) is 0.444. The Kier molecular flexibility index (Phi) is 4.33. The summed E-state index contributed by atoms with van der Waals surface area (Å²) in [6.45, 7) is 4.64. The van der Waals surface area contributed by atoms with E-state index in [-0.39, 0.29) is 11.9 Å². The minimum Gasteiger partial charge on any atom is -0.328 e. The van der Waals surface area contributed by atoms with Crippen molar-refractivity contribution >= 4 is 17.7 Å². The zero-order chi connectivity index (χ0) is 16.5. The van der Waals surface area contributed by atoms with E-state index in [4.69, 9.17) is 0 Å². The maximum atomic E-state index is 13.3. The summed E-state index contributed by atoms with van der Waals surface area (Å²) in [6, 6.07) is 10.5. The highest BCUT2D eigenvalue weighted by Crippen LogP contribution is 2.37. The van der Waals surface area contributed by atoms with Crippen molar-refractivity contribution in [2.45, 2.75) is 31.2 Å². The molecule has 2 aliphatic rings. The van der Waals surface area contributed by atoms with Crippen molar-refractivity contribution < 1.29 is 4.79 Å². The third-order valence-electron chi connectivity index (χ3n) is 4.90. The van der Waals surface area contributed by atoms with Gasteiger partial charge < -0.3 is 10.2 Å². The first-order valence-electron chi connectivity index (χ1n) is 8.50. The summed E-state index contributed by atoms with van der Waals surface area (Å²) in [5, 5.41) is 11.1. The number of carbonyl (C=O) groups excluding carboxylic acids is 1. The van der Waals surface area contributed by atoms with E-state index >= 15 is 0 Å². The summed E-state index contributed by atoms with van der Waals surface area (Å²) in [7, 11) is 0. The van der Waals surface area contributed by atoms with Crippen molar-refractivity contribution in [2.24, 2.45) is 0 Å². The highest BCUT2D eigenvalue weighted by atomic mass is 32.2. The summed E-state index contributed by atoms with van der Waals surface area (Å²) >= 11 is 1.93. The zero-order valence-corrected chi connectivity index (χ0v) is 14.6. The molecule has 1 fully saturated rings. The Labute approximate surface area is 146 Å². The summed E-state index contributed by atoms with van der Waals surface area (Å²) in [5.74, 6) is 1.03. The van der Waals surface area contributed by atoms with Gasteiger partial charge in [-0.25, -0.2) is 0 Å². The smallest absolute Gasteiger partial charge is 0.275 e. The van der Waals surface area contributed by atoms with Crippen molar-refractivity contribution in [3.63, 3.8) is 0 Å². The lowest BCUT2D eigenvalue weighted by atomic mass is 10.0. The maximum Gasteiger partial charge on any atom is 0.275 e. The van der Waals surface area contributed by atoms with Crippen LogP contribution in [-0.4, -0.2) is 45.1 Å². The van der Waals surface area contributed by atoms with Gasteiger partial charge in [0.05, 0.1) is 6.04 Å². The van der Waals surface area contributed by atoms with Gasteiger partial charge in [-0.15, -0.1) is 0 Å². The van der Waals surface area contributed by atoms with Gasteiger partial charge in [0.2, 0.25) is 0 Å². The molecule has 0 saturated carbocycles. The molecule has 0 radical (unpaired) electrons. The molecular formula is C18H22N4OS. The third kappa shape index (κ3) is 2.74. The predicted molar refractivity (Wildman–Crippen MR) is 96.1 cm³/mol. The molecular weight excluding hydrogens is 320 g/mol. The number of aromatic nitrogens is 2. The Morgan fingerprint density at radius 3 is 3.00 bits per heavy atom. The van der Waals surface area contributed by atoms with Crippen molar-refractivity contribution in [2.75, 3.05) is 18.8 Å². The molecule has 5 nitrogen and oxygen atoms in total. The molecule has 2 aromatic rings. The average Bonchev–Trinajstić information content (AvgIpc) is 3.06. The van der Waals surface area contributed by atoms with Crippen LogP contribution < -0.4 is 5.32 Å². The quantitative estimate of drug-likeness (QED) is 0.880. The van der Waals surface area contributed by atoms with Gasteiger partial charge in [0.15, 0.2) is 5.69 Å². The highest BCUT2D eigenvalue weighted by molar-refractivity contribution is 8.00. The van der Waals surface area contributed by atoms with Crippen molar-refractivity contribution in [3.05, 3.63) is 52.8 Å². The Hall–Kier alpha value is -1.79. The highest BCUT2D eigenvalue weighted by Gasteiger charge is 2.36. The van der Waals surface area contributed by atoms with Crippen LogP contribution >= 0.6 is 11.8 Å². The first kappa shape index (κ1) is 15.7. The van der Waals surface area contributed by atoms with Gasteiger partial charge in [0, 0.05) is 48.3 Å². The first-order chi connectivity index (χ1) is 11.8. The normalized spacial score (nSPS) is 23.8. The van der Waals surface area contributed by atoms with Gasteiger partial charge in [-0.1, -0.05) is 37.3 Å². The van der Waals surface area contributed by atoms with Crippen LogP contribution in [0.4, 0.5) is 0 Å². The van der Waals surface area contributed by atoms with Crippen LogP contribution in [0.5, 0.6) is 0 Å². The lowest BCUT2D eigenvalue weighted by Crippen LogP contribution is -2.44. The average molecular weight is 342 g/mol. The number of thioether (sulfide) groups is 1. The standard InChI is InChI=1S/C18H22N4OS/c1-12-17(13-5-3-2-4-6-13)22(9-10-24-12)18(23)16-14-11-19-8-7-15(14)20-21-16/h2-6,12,17,19H,7-11H2,1H3,(H,20,21). The molecule has 6 heteroatoms. The van der Waals surface area contributed by atoms with Crippen LogP contribution in [-0.2, 0) is 13.0 Å². The number of rotatable bonds is 2. The maximum absolute atomic E-state index is 13.3. The number of hydrogen-bond acceptors (Lipinski definition) is 4. The van der Waals surface area contributed by atoms with Gasteiger partial charge in [-0.3, -0.25) is 9.89 Å². The van der Waals surface area contributed by atoms with Crippen LogP contribution in [0.15, 0.2) is 30.3 Å². The zero-order valence-electron chi connectivity index (χ0n) is 13.8. The SMILES string of the molecule is CC1SCCN(C(=O)c2n[nH]c3c2CNCC3)C1c1ccccc1. The van der Waals surface area contributed by atoms with E-state index in [1.165, 1.54) is 5.56 Å². The molecule has 4 rings (SSSR count). The lowest BCUT2D eigenvalue weighted by molar-refractivity contribution is 0.0673. The molecule has 1 amide bonds. The van der Waals surface area contributed by atoms with Gasteiger partial charge in [0.1, 0.15) is 0 Å². The number of nitrogens with zero attached hydrogens (tertiary/aromatic N) is 2. The summed E-state index contributed by atoms with van der Waals surface area (Å²) < 4.78 is 0. The lowest BCUT2D eigenvalue weighted by Gasteiger charge is -2.39. The second-order valence-electron chi connectivity index (χ2n) is 6.39. The summed E-state index contributed by atoms with van der Waals surface area (Å²) in [5.41, 5.74) is 3.95. The van der Waals surface area contributed by atoms with Gasteiger partial charge >= 0.3 is 0 Å². The fourth-order valence-corrected chi connectivity index (χ4v) is 4.85. The molecule has 3 heterocycles. The Bertz CT molecular complexity index is 730. The summed E-state index contributed by atoms with van der Waals surface area (Å²) in [6.07, 6.45) is 0.907. The van der Waals surface area contributed by atoms with E-state index in [2.05, 4.69) is 34.6 Å². The van der Waals surface area contributed by atoms with E-state index in [1.54, 1.807) is 0 Å². The number of aromatic amines is 1. The van der Waals surface area contributed by atoms with E-state index in [0.717, 1.165) is 43.1 Å². The fourth-order valence-electron chi connectivity index (χ4n) is 3.69. The first-order valence-corrected chi connectivity index (χ1v) is 9.55. The van der Waals surface area contributed by atoms with E-state index < -0.39 is 0 Å². The van der Waals surface area contributed by atoms with Crippen molar-refractivity contribution in [3.8, 4) is 0 Å². The number of hydrogen-bond donors (Lipinski definition) is 2. The summed E-state index contributed by atoms with van der Waals surface area (Å²) in [4.78, 5) is 15.3. The third-order valence-corrected chi connectivity index (χ3v) is 6.11. The minimum absolute atomic E-state index is 0.0530. The monoisotopic (exact) mass is 342 g/mol. The van der Waals surface area contributed by atoms with Crippen LogP contribution in [0.3, 0.4) is 0 Å². The second-order valence-corrected chi connectivity index (χ2v) is 7.87. The van der Waals surface area contributed by atoms with Crippen LogP contribution in [0.1, 0.15) is 40.3 Å². The molecule has 0 spiro atoms. The Morgan fingerprint density at radius 2 is 2.17 bits per heavy atom. The molecule has 1 aromatic heterocycles. The van der Waals surface area contributed by atoms with E-state index in [9.17, 15) is 4.79 Å². The van der Waals surface area contributed by atoms with E-state index in [0.29, 0.717) is 10.9 Å². The molecule has 0 aliphatic carbocycles. The van der Waals surface area contributed by atoms with Crippen LogP contribution in [0.25, 0.3) is 0 Å². The number of H-pyrrole nitrogens is 1. The van der Waals surface area contributed by atoms with Gasteiger partial charge in [0.25, 0.3) is 5.91 Å². The number of nitrogens with one attached hydrogen (secondary N) is 2. The predicted octanol–water partition coefficient (Wildman–Crippen LogP) is 2.37. The molecule has 1 aromatic carbocycles. The number of amides is 1. The number of benzene rings is 1. The molecule has 2 unspecified atom stereocenters. The van der Waals surface area contributed by atoms with E-state index in [1.807, 2.05) is 34.9 Å². The van der Waals surface area contributed by atoms with Crippen molar-refractivity contribution in [1.82, 2.24) is 20.4 Å². The molecule has 2 N–H and O–H groups in total. The molecule has 2 aliphatic heterocycles.